The number of ether oxygens (including phenoxy) is 1. The van der Waals surface area contributed by atoms with Crippen molar-refractivity contribution in [1.82, 2.24) is 9.97 Å². The first-order valence-electron chi connectivity index (χ1n) is 9.97. The molecule has 3 aromatic carbocycles. The molecule has 1 unspecified atom stereocenters. The highest BCUT2D eigenvalue weighted by Crippen LogP contribution is 2.32. The molecule has 0 radical (unpaired) electrons. The van der Waals surface area contributed by atoms with Crippen molar-refractivity contribution in [3.8, 4) is 28.4 Å². The van der Waals surface area contributed by atoms with Crippen LogP contribution in [0.1, 0.15) is 29.8 Å². The summed E-state index contributed by atoms with van der Waals surface area (Å²) in [7, 11) is 0. The summed E-state index contributed by atoms with van der Waals surface area (Å²) in [5.74, 6) is 1.27. The lowest BCUT2D eigenvalue weighted by Crippen LogP contribution is -2.08. The number of hydrogen-bond donors (Lipinski definition) is 1. The van der Waals surface area contributed by atoms with Crippen molar-refractivity contribution in [1.29, 1.82) is 0 Å². The van der Waals surface area contributed by atoms with Crippen molar-refractivity contribution < 1.29 is 17.9 Å². The molecular weight excluding hydrogens is 437 g/mol. The Morgan fingerprint density at radius 3 is 2.25 bits per heavy atom. The number of aromatic nitrogens is 2. The molecule has 1 aromatic heterocycles. The zero-order chi connectivity index (χ0) is 22.9. The molecule has 0 bridgehead atoms. The average molecular weight is 457 g/mol. The largest absolute Gasteiger partial charge is 0.486 e. The van der Waals surface area contributed by atoms with Crippen LogP contribution >= 0.6 is 11.6 Å². The summed E-state index contributed by atoms with van der Waals surface area (Å²) in [5, 5.41) is 0.664. The van der Waals surface area contributed by atoms with E-state index in [2.05, 4.69) is 4.98 Å². The van der Waals surface area contributed by atoms with E-state index in [9.17, 15) is 13.2 Å². The Kier molecular flexibility index (Phi) is 5.98. The minimum atomic E-state index is -4.39. The van der Waals surface area contributed by atoms with Gasteiger partial charge in [0, 0.05) is 21.8 Å². The highest BCUT2D eigenvalue weighted by atomic mass is 35.5. The van der Waals surface area contributed by atoms with Crippen LogP contribution in [0.4, 0.5) is 13.2 Å². The molecule has 0 aliphatic heterocycles. The van der Waals surface area contributed by atoms with Crippen LogP contribution in [0.5, 0.6) is 5.75 Å². The van der Waals surface area contributed by atoms with Gasteiger partial charge in [-0.25, -0.2) is 4.98 Å². The third-order valence-electron chi connectivity index (χ3n) is 5.13. The van der Waals surface area contributed by atoms with E-state index in [1.807, 2.05) is 43.3 Å². The molecule has 0 aliphatic carbocycles. The molecule has 4 aromatic rings. The van der Waals surface area contributed by atoms with Crippen LogP contribution in [0, 0.1) is 6.92 Å². The lowest BCUT2D eigenvalue weighted by Gasteiger charge is -2.17. The monoisotopic (exact) mass is 456 g/mol. The second-order valence-electron chi connectivity index (χ2n) is 7.47. The van der Waals surface area contributed by atoms with E-state index in [1.165, 1.54) is 6.07 Å². The molecule has 0 fully saturated rings. The molecule has 1 atom stereocenters. The van der Waals surface area contributed by atoms with E-state index in [-0.39, 0.29) is 0 Å². The maximum absolute atomic E-state index is 13.0. The Morgan fingerprint density at radius 2 is 1.59 bits per heavy atom. The van der Waals surface area contributed by atoms with Crippen LogP contribution < -0.4 is 4.74 Å². The number of hydrogen-bond acceptors (Lipinski definition) is 2. The smallest absolute Gasteiger partial charge is 0.416 e. The molecule has 0 saturated carbocycles. The minimum Gasteiger partial charge on any atom is -0.486 e. The van der Waals surface area contributed by atoms with Crippen molar-refractivity contribution in [2.75, 3.05) is 0 Å². The number of benzene rings is 3. The predicted octanol–water partition coefficient (Wildman–Crippen LogP) is 7.86. The summed E-state index contributed by atoms with van der Waals surface area (Å²) in [4.78, 5) is 7.99. The van der Waals surface area contributed by atoms with Crippen molar-refractivity contribution >= 4 is 11.6 Å². The SMILES string of the molecule is Cc1[nH]c(-c2ccc(OC(C)c3cccc(C(F)(F)F)c3)cc2)nc1-c1ccc(Cl)cc1. The van der Waals surface area contributed by atoms with Gasteiger partial charge in [0.05, 0.1) is 11.3 Å². The topological polar surface area (TPSA) is 37.9 Å². The molecule has 7 heteroatoms. The quantitative estimate of drug-likeness (QED) is 0.332. The van der Waals surface area contributed by atoms with Gasteiger partial charge in [0.15, 0.2) is 0 Å². The molecular formula is C25H20ClF3N2O. The zero-order valence-corrected chi connectivity index (χ0v) is 18.1. The minimum absolute atomic E-state index is 0.457. The maximum Gasteiger partial charge on any atom is 0.416 e. The molecule has 0 amide bonds. The van der Waals surface area contributed by atoms with E-state index in [4.69, 9.17) is 21.3 Å². The molecule has 1 N–H and O–H groups in total. The van der Waals surface area contributed by atoms with E-state index < -0.39 is 17.8 Å². The number of aryl methyl sites for hydroxylation is 1. The molecule has 0 saturated heterocycles. The maximum atomic E-state index is 13.0. The van der Waals surface area contributed by atoms with Gasteiger partial charge in [-0.2, -0.15) is 13.2 Å². The number of aromatic amines is 1. The van der Waals surface area contributed by atoms with Gasteiger partial charge in [0.1, 0.15) is 17.7 Å². The Balaban J connectivity index is 1.50. The summed E-state index contributed by atoms with van der Waals surface area (Å²) in [6.45, 7) is 3.67. The van der Waals surface area contributed by atoms with Crippen molar-refractivity contribution in [2.24, 2.45) is 0 Å². The van der Waals surface area contributed by atoms with Gasteiger partial charge in [-0.1, -0.05) is 35.9 Å². The number of imidazole rings is 1. The second kappa shape index (κ2) is 8.71. The molecule has 3 nitrogen and oxygen atoms in total. The zero-order valence-electron chi connectivity index (χ0n) is 17.4. The van der Waals surface area contributed by atoms with E-state index in [1.54, 1.807) is 25.1 Å². The molecule has 0 spiro atoms. The van der Waals surface area contributed by atoms with Crippen LogP contribution in [-0.2, 0) is 6.18 Å². The molecule has 0 aliphatic rings. The van der Waals surface area contributed by atoms with E-state index in [0.29, 0.717) is 22.2 Å². The number of nitrogens with zero attached hydrogens (tertiary/aromatic N) is 1. The van der Waals surface area contributed by atoms with Crippen LogP contribution in [0.3, 0.4) is 0 Å². The number of halogens is 4. The molecule has 164 valence electrons. The molecule has 4 rings (SSSR count). The summed E-state index contributed by atoms with van der Waals surface area (Å²) in [6, 6.07) is 19.9. The van der Waals surface area contributed by atoms with Crippen LogP contribution in [-0.4, -0.2) is 9.97 Å². The number of nitrogens with one attached hydrogen (secondary N) is 1. The summed E-state index contributed by atoms with van der Waals surface area (Å²) >= 11 is 5.97. The molecule has 1 heterocycles. The van der Waals surface area contributed by atoms with Gasteiger partial charge < -0.3 is 9.72 Å². The fourth-order valence-corrected chi connectivity index (χ4v) is 3.54. The van der Waals surface area contributed by atoms with Crippen LogP contribution in [0.2, 0.25) is 5.02 Å². The Labute approximate surface area is 188 Å². The highest BCUT2D eigenvalue weighted by molar-refractivity contribution is 6.30. The second-order valence-corrected chi connectivity index (χ2v) is 7.91. The molecule has 32 heavy (non-hydrogen) atoms. The lowest BCUT2D eigenvalue weighted by atomic mass is 10.1. The summed E-state index contributed by atoms with van der Waals surface area (Å²) < 4.78 is 44.8. The van der Waals surface area contributed by atoms with E-state index in [0.717, 1.165) is 34.6 Å². The number of H-pyrrole nitrogens is 1. The fraction of sp³-hybridized carbons (Fsp3) is 0.160. The Morgan fingerprint density at radius 1 is 0.938 bits per heavy atom. The van der Waals surface area contributed by atoms with Gasteiger partial charge in [-0.05, 0) is 67.9 Å². The average Bonchev–Trinajstić information content (AvgIpc) is 3.16. The van der Waals surface area contributed by atoms with Crippen molar-refractivity contribution in [3.05, 3.63) is 94.6 Å². The van der Waals surface area contributed by atoms with Gasteiger partial charge in [-0.15, -0.1) is 0 Å². The van der Waals surface area contributed by atoms with E-state index >= 15 is 0 Å². The predicted molar refractivity (Wildman–Crippen MR) is 120 cm³/mol. The van der Waals surface area contributed by atoms with Crippen molar-refractivity contribution in [3.63, 3.8) is 0 Å². The van der Waals surface area contributed by atoms with Crippen LogP contribution in [0.25, 0.3) is 22.6 Å². The summed E-state index contributed by atoms with van der Waals surface area (Å²) in [6.07, 6.45) is -4.92. The third-order valence-corrected chi connectivity index (χ3v) is 5.38. The Bertz CT molecular complexity index is 1220. The Hall–Kier alpha value is -3.25. The first kappa shape index (κ1) is 22.0. The number of rotatable bonds is 5. The third kappa shape index (κ3) is 4.81. The first-order chi connectivity index (χ1) is 15.2. The standard InChI is InChI=1S/C25H20ClF3N2O/c1-15-23(17-6-10-21(26)11-7-17)31-24(30-15)18-8-12-22(13-9-18)32-16(2)19-4-3-5-20(14-19)25(27,28)29/h3-14,16H,1-2H3,(H,30,31). The van der Waals surface area contributed by atoms with Crippen LogP contribution in [0.15, 0.2) is 72.8 Å². The summed E-state index contributed by atoms with van der Waals surface area (Å²) in [5.41, 5.74) is 3.37. The number of alkyl halides is 3. The first-order valence-corrected chi connectivity index (χ1v) is 10.4. The van der Waals surface area contributed by atoms with Gasteiger partial charge in [0.2, 0.25) is 0 Å². The van der Waals surface area contributed by atoms with Gasteiger partial charge in [-0.3, -0.25) is 0 Å². The fourth-order valence-electron chi connectivity index (χ4n) is 3.42. The highest BCUT2D eigenvalue weighted by Gasteiger charge is 2.30. The lowest BCUT2D eigenvalue weighted by molar-refractivity contribution is -0.137. The van der Waals surface area contributed by atoms with Crippen molar-refractivity contribution in [2.45, 2.75) is 26.1 Å². The normalized spacial score (nSPS) is 12.6. The van der Waals surface area contributed by atoms with Gasteiger partial charge >= 0.3 is 6.18 Å². The van der Waals surface area contributed by atoms with Gasteiger partial charge in [0.25, 0.3) is 0 Å².